The number of hydrogen-bond acceptors (Lipinski definition) is 4. The fraction of sp³-hybridized carbons (Fsp3) is 0.375. The van der Waals surface area contributed by atoms with Crippen molar-refractivity contribution in [3.05, 3.63) is 39.1 Å². The molecule has 2 rings (SSSR count). The molecule has 112 valence electrons. The van der Waals surface area contributed by atoms with Gasteiger partial charge >= 0.3 is 0 Å². The van der Waals surface area contributed by atoms with E-state index in [1.54, 1.807) is 0 Å². The molecule has 0 amide bonds. The largest absolute Gasteiger partial charge is 0.383 e. The molecule has 0 radical (unpaired) electrons. The van der Waals surface area contributed by atoms with E-state index in [2.05, 4.69) is 64.1 Å². The number of hydrogen-bond donors (Lipinski definition) is 2. The lowest BCUT2D eigenvalue weighted by molar-refractivity contribution is 0.836. The second-order valence-corrected chi connectivity index (χ2v) is 6.09. The highest BCUT2D eigenvalue weighted by molar-refractivity contribution is 9.10. The summed E-state index contributed by atoms with van der Waals surface area (Å²) >= 11 is 3.58. The molecule has 4 nitrogen and oxygen atoms in total. The summed E-state index contributed by atoms with van der Waals surface area (Å²) in [7, 11) is 0. The number of rotatable bonds is 4. The number of aryl methyl sites for hydroxylation is 3. The van der Waals surface area contributed by atoms with Crippen LogP contribution < -0.4 is 11.1 Å². The minimum Gasteiger partial charge on any atom is -0.383 e. The number of halogens is 1. The summed E-state index contributed by atoms with van der Waals surface area (Å²) in [6.07, 6.45) is 1.83. The molecule has 5 heteroatoms. The van der Waals surface area contributed by atoms with E-state index in [1.807, 2.05) is 6.92 Å². The van der Waals surface area contributed by atoms with Gasteiger partial charge in [-0.25, -0.2) is 9.97 Å². The Morgan fingerprint density at radius 1 is 1.14 bits per heavy atom. The second kappa shape index (κ2) is 6.43. The molecule has 0 atom stereocenters. The van der Waals surface area contributed by atoms with Crippen molar-refractivity contribution in [3.8, 4) is 0 Å². The van der Waals surface area contributed by atoms with E-state index >= 15 is 0 Å². The van der Waals surface area contributed by atoms with Gasteiger partial charge in [-0.3, -0.25) is 0 Å². The molecular formula is C16H21BrN4. The minimum absolute atomic E-state index is 0.543. The first-order valence-corrected chi connectivity index (χ1v) is 7.88. The van der Waals surface area contributed by atoms with Crippen molar-refractivity contribution >= 4 is 33.3 Å². The Morgan fingerprint density at radius 2 is 1.76 bits per heavy atom. The van der Waals surface area contributed by atoms with Crippen molar-refractivity contribution in [2.75, 3.05) is 11.1 Å². The zero-order chi connectivity index (χ0) is 15.6. The third kappa shape index (κ3) is 3.53. The Kier molecular flexibility index (Phi) is 4.83. The van der Waals surface area contributed by atoms with Gasteiger partial charge in [0, 0.05) is 22.1 Å². The summed E-state index contributed by atoms with van der Waals surface area (Å²) in [5.41, 5.74) is 10.3. The van der Waals surface area contributed by atoms with Gasteiger partial charge in [0.15, 0.2) is 0 Å². The van der Waals surface area contributed by atoms with Gasteiger partial charge in [-0.15, -0.1) is 0 Å². The van der Waals surface area contributed by atoms with E-state index in [1.165, 1.54) is 11.1 Å². The van der Waals surface area contributed by atoms with Crippen LogP contribution in [-0.4, -0.2) is 9.97 Å². The van der Waals surface area contributed by atoms with E-state index in [0.29, 0.717) is 5.82 Å². The standard InChI is InChI=1S/C16H21BrN4/c1-5-6-13-20-15(18)11(4)16(21-13)19-12-7-9(2)14(17)10(3)8-12/h7-8H,5-6H2,1-4H3,(H3,18,19,20,21). The summed E-state index contributed by atoms with van der Waals surface area (Å²) in [6.45, 7) is 8.19. The maximum Gasteiger partial charge on any atom is 0.139 e. The zero-order valence-electron chi connectivity index (χ0n) is 12.9. The first-order chi connectivity index (χ1) is 9.92. The number of benzene rings is 1. The lowest BCUT2D eigenvalue weighted by Crippen LogP contribution is -2.07. The number of nitrogens with zero attached hydrogens (tertiary/aromatic N) is 2. The van der Waals surface area contributed by atoms with Crippen LogP contribution in [0.4, 0.5) is 17.3 Å². The highest BCUT2D eigenvalue weighted by atomic mass is 79.9. The summed E-state index contributed by atoms with van der Waals surface area (Å²) in [6, 6.07) is 4.18. The quantitative estimate of drug-likeness (QED) is 0.856. The van der Waals surface area contributed by atoms with Crippen LogP contribution in [0, 0.1) is 20.8 Å². The number of nitrogen functional groups attached to an aromatic ring is 1. The van der Waals surface area contributed by atoms with Crippen LogP contribution in [0.1, 0.15) is 35.9 Å². The van der Waals surface area contributed by atoms with Gasteiger partial charge in [0.05, 0.1) is 0 Å². The normalized spacial score (nSPS) is 10.7. The molecule has 0 bridgehead atoms. The van der Waals surface area contributed by atoms with Crippen molar-refractivity contribution in [2.45, 2.75) is 40.5 Å². The first-order valence-electron chi connectivity index (χ1n) is 7.09. The molecule has 0 spiro atoms. The summed E-state index contributed by atoms with van der Waals surface area (Å²) in [5, 5.41) is 3.37. The van der Waals surface area contributed by atoms with Crippen LogP contribution in [-0.2, 0) is 6.42 Å². The molecule has 1 aromatic carbocycles. The van der Waals surface area contributed by atoms with Crippen molar-refractivity contribution < 1.29 is 0 Å². The molecule has 0 aliphatic heterocycles. The van der Waals surface area contributed by atoms with Gasteiger partial charge < -0.3 is 11.1 Å². The predicted molar refractivity (Wildman–Crippen MR) is 92.1 cm³/mol. The van der Waals surface area contributed by atoms with E-state index in [9.17, 15) is 0 Å². The fourth-order valence-electron chi connectivity index (χ4n) is 2.19. The van der Waals surface area contributed by atoms with E-state index in [4.69, 9.17) is 5.73 Å². The van der Waals surface area contributed by atoms with Crippen LogP contribution >= 0.6 is 15.9 Å². The van der Waals surface area contributed by atoms with Crippen LogP contribution in [0.2, 0.25) is 0 Å². The molecule has 0 saturated carbocycles. The number of anilines is 3. The average molecular weight is 349 g/mol. The Morgan fingerprint density at radius 3 is 2.33 bits per heavy atom. The maximum atomic E-state index is 5.99. The molecule has 0 saturated heterocycles. The van der Waals surface area contributed by atoms with E-state index in [0.717, 1.165) is 40.2 Å². The number of nitrogens with one attached hydrogen (secondary N) is 1. The summed E-state index contributed by atoms with van der Waals surface area (Å²) < 4.78 is 1.14. The monoisotopic (exact) mass is 348 g/mol. The van der Waals surface area contributed by atoms with Crippen LogP contribution in [0.5, 0.6) is 0 Å². The molecule has 21 heavy (non-hydrogen) atoms. The summed E-state index contributed by atoms with van der Waals surface area (Å²) in [4.78, 5) is 8.92. The van der Waals surface area contributed by atoms with Crippen LogP contribution in [0.15, 0.2) is 16.6 Å². The van der Waals surface area contributed by atoms with E-state index in [-0.39, 0.29) is 0 Å². The van der Waals surface area contributed by atoms with Crippen molar-refractivity contribution in [1.82, 2.24) is 9.97 Å². The number of aromatic nitrogens is 2. The Balaban J connectivity index is 2.39. The Bertz CT molecular complexity index is 645. The average Bonchev–Trinajstić information content (AvgIpc) is 2.42. The Labute approximate surface area is 134 Å². The maximum absolute atomic E-state index is 5.99. The van der Waals surface area contributed by atoms with Crippen molar-refractivity contribution in [1.29, 1.82) is 0 Å². The van der Waals surface area contributed by atoms with Crippen LogP contribution in [0.3, 0.4) is 0 Å². The predicted octanol–water partition coefficient (Wildman–Crippen LogP) is 4.44. The topological polar surface area (TPSA) is 63.8 Å². The van der Waals surface area contributed by atoms with Gasteiger partial charge in [-0.05, 0) is 50.5 Å². The van der Waals surface area contributed by atoms with Crippen LogP contribution in [0.25, 0.3) is 0 Å². The van der Waals surface area contributed by atoms with Gasteiger partial charge in [0.1, 0.15) is 17.5 Å². The first kappa shape index (κ1) is 15.8. The molecule has 0 unspecified atom stereocenters. The molecular weight excluding hydrogens is 328 g/mol. The Hall–Kier alpha value is -1.62. The molecule has 0 aliphatic rings. The summed E-state index contributed by atoms with van der Waals surface area (Å²) in [5.74, 6) is 2.11. The molecule has 2 aromatic rings. The highest BCUT2D eigenvalue weighted by Gasteiger charge is 2.10. The third-order valence-electron chi connectivity index (χ3n) is 3.40. The molecule has 0 aliphatic carbocycles. The molecule has 1 heterocycles. The zero-order valence-corrected chi connectivity index (χ0v) is 14.5. The molecule has 1 aromatic heterocycles. The van der Waals surface area contributed by atoms with Crippen molar-refractivity contribution in [2.24, 2.45) is 0 Å². The second-order valence-electron chi connectivity index (χ2n) is 5.30. The smallest absolute Gasteiger partial charge is 0.139 e. The lowest BCUT2D eigenvalue weighted by atomic mass is 10.1. The van der Waals surface area contributed by atoms with E-state index < -0.39 is 0 Å². The van der Waals surface area contributed by atoms with Gasteiger partial charge in [-0.2, -0.15) is 0 Å². The van der Waals surface area contributed by atoms with Gasteiger partial charge in [0.25, 0.3) is 0 Å². The highest BCUT2D eigenvalue weighted by Crippen LogP contribution is 2.28. The lowest BCUT2D eigenvalue weighted by Gasteiger charge is -2.14. The SMILES string of the molecule is CCCc1nc(N)c(C)c(Nc2cc(C)c(Br)c(C)c2)n1. The minimum atomic E-state index is 0.543. The molecule has 3 N–H and O–H groups in total. The fourth-order valence-corrected chi connectivity index (χ4v) is 2.42. The van der Waals surface area contributed by atoms with Gasteiger partial charge in [0.2, 0.25) is 0 Å². The molecule has 0 fully saturated rings. The van der Waals surface area contributed by atoms with Crippen molar-refractivity contribution in [3.63, 3.8) is 0 Å². The number of nitrogens with two attached hydrogens (primary N) is 1. The third-order valence-corrected chi connectivity index (χ3v) is 4.65. The van der Waals surface area contributed by atoms with Gasteiger partial charge in [-0.1, -0.05) is 22.9 Å².